The minimum atomic E-state index is -0.827. The van der Waals surface area contributed by atoms with Gasteiger partial charge in [-0.1, -0.05) is 25.3 Å². The zero-order chi connectivity index (χ0) is 23.0. The average Bonchev–Trinajstić information content (AvgIpc) is 3.13. The quantitative estimate of drug-likeness (QED) is 0.343. The molecule has 9 heteroatoms. The van der Waals surface area contributed by atoms with Crippen molar-refractivity contribution in [2.75, 3.05) is 25.1 Å². The number of amides is 2. The SMILES string of the molecule is C=CCOC(=O)c1cc(C)cc(NC(=O)[C@@H]2C[C@@H](CC(=O)S)CN2C(=O)OCC=C)c1. The number of nitrogens with zero attached hydrogens (tertiary/aromatic N) is 1. The summed E-state index contributed by atoms with van der Waals surface area (Å²) in [6.07, 6.45) is 2.66. The van der Waals surface area contributed by atoms with E-state index in [0.717, 1.165) is 5.56 Å². The molecule has 1 aromatic rings. The molecule has 0 aromatic heterocycles. The van der Waals surface area contributed by atoms with Crippen LogP contribution in [-0.4, -0.2) is 53.8 Å². The van der Waals surface area contributed by atoms with E-state index in [9.17, 15) is 19.2 Å². The van der Waals surface area contributed by atoms with Gasteiger partial charge in [0.2, 0.25) is 5.91 Å². The molecule has 31 heavy (non-hydrogen) atoms. The van der Waals surface area contributed by atoms with Crippen LogP contribution in [0.5, 0.6) is 0 Å². The minimum Gasteiger partial charge on any atom is -0.458 e. The summed E-state index contributed by atoms with van der Waals surface area (Å²) in [6.45, 7) is 9.06. The summed E-state index contributed by atoms with van der Waals surface area (Å²) in [7, 11) is 0. The van der Waals surface area contributed by atoms with Crippen LogP contribution in [0.2, 0.25) is 0 Å². The Balaban J connectivity index is 2.18. The van der Waals surface area contributed by atoms with Crippen molar-refractivity contribution in [3.8, 4) is 0 Å². The lowest BCUT2D eigenvalue weighted by molar-refractivity contribution is -0.120. The lowest BCUT2D eigenvalue weighted by Crippen LogP contribution is -2.43. The lowest BCUT2D eigenvalue weighted by atomic mass is 10.0. The Morgan fingerprint density at radius 2 is 1.84 bits per heavy atom. The summed E-state index contributed by atoms with van der Waals surface area (Å²) in [5, 5.41) is 2.44. The Morgan fingerprint density at radius 1 is 1.16 bits per heavy atom. The topological polar surface area (TPSA) is 102 Å². The number of likely N-dealkylation sites (tertiary alicyclic amines) is 1. The normalized spacial score (nSPS) is 17.5. The Hall–Kier alpha value is -3.07. The van der Waals surface area contributed by atoms with E-state index < -0.39 is 24.0 Å². The molecule has 1 aromatic carbocycles. The maximum atomic E-state index is 13.0. The fourth-order valence-corrected chi connectivity index (χ4v) is 3.66. The number of ether oxygens (including phenoxy) is 2. The van der Waals surface area contributed by atoms with Gasteiger partial charge in [-0.15, -0.1) is 12.6 Å². The Morgan fingerprint density at radius 3 is 2.48 bits per heavy atom. The molecule has 166 valence electrons. The molecule has 1 aliphatic heterocycles. The minimum absolute atomic E-state index is 0.00783. The van der Waals surface area contributed by atoms with Crippen LogP contribution in [0.4, 0.5) is 10.5 Å². The van der Waals surface area contributed by atoms with E-state index in [1.807, 2.05) is 0 Å². The maximum absolute atomic E-state index is 13.0. The van der Waals surface area contributed by atoms with Gasteiger partial charge in [0.25, 0.3) is 0 Å². The van der Waals surface area contributed by atoms with E-state index >= 15 is 0 Å². The highest BCUT2D eigenvalue weighted by Gasteiger charge is 2.40. The molecule has 0 unspecified atom stereocenters. The third-order valence-corrected chi connectivity index (χ3v) is 4.81. The highest BCUT2D eigenvalue weighted by atomic mass is 32.1. The van der Waals surface area contributed by atoms with Gasteiger partial charge in [0, 0.05) is 18.7 Å². The van der Waals surface area contributed by atoms with Gasteiger partial charge in [0.15, 0.2) is 5.12 Å². The Kier molecular flexibility index (Phi) is 8.87. The molecule has 2 amide bonds. The van der Waals surface area contributed by atoms with Crippen LogP contribution in [-0.2, 0) is 19.1 Å². The second kappa shape index (κ2) is 11.4. The number of hydrogen-bond acceptors (Lipinski definition) is 6. The summed E-state index contributed by atoms with van der Waals surface area (Å²) in [6, 6.07) is 4.02. The first-order valence-corrected chi connectivity index (χ1v) is 10.2. The number of carbonyl (C=O) groups excluding carboxylic acids is 4. The molecule has 0 aliphatic carbocycles. The van der Waals surface area contributed by atoms with Crippen LogP contribution in [0.3, 0.4) is 0 Å². The zero-order valence-electron chi connectivity index (χ0n) is 17.3. The molecule has 1 aliphatic rings. The van der Waals surface area contributed by atoms with Crippen molar-refractivity contribution < 1.29 is 28.7 Å². The van der Waals surface area contributed by atoms with Gasteiger partial charge in [0.1, 0.15) is 19.3 Å². The Labute approximate surface area is 186 Å². The molecule has 0 saturated carbocycles. The summed E-state index contributed by atoms with van der Waals surface area (Å²) in [4.78, 5) is 50.2. The number of anilines is 1. The number of carbonyl (C=O) groups is 4. The number of benzene rings is 1. The van der Waals surface area contributed by atoms with Gasteiger partial charge in [0.05, 0.1) is 5.56 Å². The van der Waals surface area contributed by atoms with E-state index in [4.69, 9.17) is 9.47 Å². The van der Waals surface area contributed by atoms with Crippen molar-refractivity contribution in [2.45, 2.75) is 25.8 Å². The van der Waals surface area contributed by atoms with Crippen LogP contribution >= 0.6 is 12.6 Å². The Bertz CT molecular complexity index is 885. The van der Waals surface area contributed by atoms with Crippen molar-refractivity contribution in [3.05, 3.63) is 54.6 Å². The molecule has 2 rings (SSSR count). The van der Waals surface area contributed by atoms with E-state index in [1.54, 1.807) is 19.1 Å². The van der Waals surface area contributed by atoms with Gasteiger partial charge in [-0.2, -0.15) is 0 Å². The monoisotopic (exact) mass is 446 g/mol. The fourth-order valence-electron chi connectivity index (χ4n) is 3.40. The van der Waals surface area contributed by atoms with Crippen molar-refractivity contribution in [2.24, 2.45) is 5.92 Å². The van der Waals surface area contributed by atoms with Gasteiger partial charge < -0.3 is 14.8 Å². The van der Waals surface area contributed by atoms with Crippen LogP contribution < -0.4 is 5.32 Å². The van der Waals surface area contributed by atoms with Gasteiger partial charge in [-0.05, 0) is 43.0 Å². The molecule has 1 fully saturated rings. The molecule has 2 atom stereocenters. The average molecular weight is 447 g/mol. The second-order valence-electron chi connectivity index (χ2n) is 7.20. The van der Waals surface area contributed by atoms with E-state index in [2.05, 4.69) is 31.1 Å². The first-order chi connectivity index (χ1) is 14.7. The zero-order valence-corrected chi connectivity index (χ0v) is 18.2. The van der Waals surface area contributed by atoms with Crippen LogP contribution in [0.25, 0.3) is 0 Å². The molecule has 1 saturated heterocycles. The molecular weight excluding hydrogens is 420 g/mol. The van der Waals surface area contributed by atoms with Gasteiger partial charge >= 0.3 is 12.1 Å². The third kappa shape index (κ3) is 6.99. The number of thiol groups is 1. The number of rotatable bonds is 9. The van der Waals surface area contributed by atoms with Crippen LogP contribution in [0.15, 0.2) is 43.5 Å². The number of nitrogens with one attached hydrogen (secondary N) is 1. The van der Waals surface area contributed by atoms with E-state index in [1.165, 1.54) is 23.1 Å². The highest BCUT2D eigenvalue weighted by molar-refractivity contribution is 7.96. The lowest BCUT2D eigenvalue weighted by Gasteiger charge is -2.23. The van der Waals surface area contributed by atoms with Crippen molar-refractivity contribution >= 4 is 41.4 Å². The first-order valence-electron chi connectivity index (χ1n) is 9.71. The maximum Gasteiger partial charge on any atom is 0.410 e. The smallest absolute Gasteiger partial charge is 0.410 e. The number of aryl methyl sites for hydroxylation is 1. The highest BCUT2D eigenvalue weighted by Crippen LogP contribution is 2.28. The standard InChI is InChI=1S/C22H26N2O6S/c1-4-6-29-21(27)16-8-14(3)9-17(12-16)23-20(26)18-10-15(11-19(25)31)13-24(18)22(28)30-7-5-2/h4-5,8-9,12,15,18H,1-2,6-7,10-11,13H2,3H3,(H,23,26)(H,25,31)/t15-,18-/m0/s1. The fraction of sp³-hybridized carbons (Fsp3) is 0.364. The van der Waals surface area contributed by atoms with E-state index in [0.29, 0.717) is 12.1 Å². The molecule has 1 heterocycles. The summed E-state index contributed by atoms with van der Waals surface area (Å²) in [5.74, 6) is -1.19. The van der Waals surface area contributed by atoms with Crippen LogP contribution in [0, 0.1) is 12.8 Å². The number of esters is 1. The van der Waals surface area contributed by atoms with Crippen molar-refractivity contribution in [1.29, 1.82) is 0 Å². The largest absolute Gasteiger partial charge is 0.458 e. The van der Waals surface area contributed by atoms with E-state index in [-0.39, 0.29) is 42.8 Å². The summed E-state index contributed by atoms with van der Waals surface area (Å²) >= 11 is 3.80. The molecular formula is C22H26N2O6S. The molecule has 8 nitrogen and oxygen atoms in total. The summed E-state index contributed by atoms with van der Waals surface area (Å²) < 4.78 is 10.1. The van der Waals surface area contributed by atoms with Crippen molar-refractivity contribution in [3.63, 3.8) is 0 Å². The second-order valence-corrected chi connectivity index (χ2v) is 7.70. The predicted molar refractivity (Wildman–Crippen MR) is 119 cm³/mol. The molecule has 0 bridgehead atoms. The van der Waals surface area contributed by atoms with Gasteiger partial charge in [-0.25, -0.2) is 9.59 Å². The van der Waals surface area contributed by atoms with Crippen molar-refractivity contribution in [1.82, 2.24) is 4.90 Å². The first kappa shape index (κ1) is 24.2. The number of hydrogen-bond donors (Lipinski definition) is 2. The third-order valence-electron chi connectivity index (χ3n) is 4.63. The predicted octanol–water partition coefficient (Wildman–Crippen LogP) is 3.14. The molecule has 1 N–H and O–H groups in total. The van der Waals surface area contributed by atoms with Crippen LogP contribution in [0.1, 0.15) is 28.8 Å². The molecule has 0 spiro atoms. The summed E-state index contributed by atoms with van der Waals surface area (Å²) in [5.41, 5.74) is 1.42. The molecule has 0 radical (unpaired) electrons. The van der Waals surface area contributed by atoms with Gasteiger partial charge in [-0.3, -0.25) is 14.5 Å².